The Labute approximate surface area is 245 Å². The molecule has 2 aromatic carbocycles. The molecule has 0 unspecified atom stereocenters. The van der Waals surface area contributed by atoms with Crippen molar-refractivity contribution >= 4 is 43.4 Å². The van der Waals surface area contributed by atoms with Crippen LogP contribution in [0.4, 0.5) is 19.7 Å². The van der Waals surface area contributed by atoms with Gasteiger partial charge in [0.25, 0.3) is 0 Å². The maximum absolute atomic E-state index is 17.1. The van der Waals surface area contributed by atoms with Crippen molar-refractivity contribution in [3.63, 3.8) is 0 Å². The first-order valence-electron chi connectivity index (χ1n) is 14.1. The van der Waals surface area contributed by atoms with Gasteiger partial charge < -0.3 is 25.6 Å². The summed E-state index contributed by atoms with van der Waals surface area (Å²) in [6.07, 6.45) is 5.48. The lowest BCUT2D eigenvalue weighted by atomic mass is 9.92. The second-order valence-electron chi connectivity index (χ2n) is 10.7. The Kier molecular flexibility index (Phi) is 7.04. The zero-order chi connectivity index (χ0) is 28.8. The number of benzene rings is 2. The highest BCUT2D eigenvalue weighted by molar-refractivity contribution is 7.22. The van der Waals surface area contributed by atoms with Crippen LogP contribution >= 0.6 is 11.3 Å². The number of rotatable bonds is 6. The minimum Gasteiger partial charge on any atom is -0.462 e. The number of piperazine rings is 1. The number of fused-ring (bicyclic) bond motifs is 2. The molecular weight excluding hydrogens is 558 g/mol. The summed E-state index contributed by atoms with van der Waals surface area (Å²) in [4.78, 5) is 22.6. The Hall–Kier alpha value is -4.00. The molecule has 3 N–H and O–H groups in total. The molecule has 0 bridgehead atoms. The summed E-state index contributed by atoms with van der Waals surface area (Å²) in [5, 5.41) is 4.14. The molecular formula is C30H30F2N8OS. The average Bonchev–Trinajstić information content (AvgIpc) is 3.62. The Morgan fingerprint density at radius 3 is 2.69 bits per heavy atom. The van der Waals surface area contributed by atoms with E-state index in [2.05, 4.69) is 37.1 Å². The van der Waals surface area contributed by atoms with Crippen LogP contribution in [0.1, 0.15) is 12.8 Å². The van der Waals surface area contributed by atoms with Crippen LogP contribution in [0.25, 0.3) is 43.4 Å². The summed E-state index contributed by atoms with van der Waals surface area (Å²) in [7, 11) is 2.08. The molecule has 42 heavy (non-hydrogen) atoms. The summed E-state index contributed by atoms with van der Waals surface area (Å²) < 4.78 is 38.3. The third kappa shape index (κ3) is 4.79. The van der Waals surface area contributed by atoms with Crippen LogP contribution < -0.4 is 20.7 Å². The van der Waals surface area contributed by atoms with Gasteiger partial charge in [0.05, 0.1) is 10.2 Å². The van der Waals surface area contributed by atoms with Gasteiger partial charge in [-0.2, -0.15) is 9.97 Å². The molecule has 7 rings (SSSR count). The van der Waals surface area contributed by atoms with Crippen molar-refractivity contribution in [1.82, 2.24) is 30.2 Å². The molecule has 0 spiro atoms. The standard InChI is InChI=1S/C30H30F2N8OS/c1-39-11-3-5-18(39)16-41-30-37-25-21(28(38-30)40-12-9-34-10-13-40)14-20(17-4-2-8-35-15-17)23(24(25)32)19-6-7-22(31)27-26(19)36-29(33)42-27/h2,4,6-8,14-15,18,34H,3,5,9-13,16H2,1H3,(H2,33,36)/t18-/m0/s1. The van der Waals surface area contributed by atoms with Crippen LogP contribution in [0.5, 0.6) is 6.01 Å². The van der Waals surface area contributed by atoms with E-state index in [0.29, 0.717) is 53.1 Å². The van der Waals surface area contributed by atoms with Crippen molar-refractivity contribution in [2.75, 3.05) is 57.0 Å². The number of hydrogen-bond donors (Lipinski definition) is 2. The molecule has 5 aromatic rings. The van der Waals surface area contributed by atoms with Gasteiger partial charge in [-0.05, 0) is 56.3 Å². The van der Waals surface area contributed by atoms with Crippen LogP contribution in [0.15, 0.2) is 42.7 Å². The molecule has 0 aliphatic carbocycles. The van der Waals surface area contributed by atoms with Crippen LogP contribution in [0, 0.1) is 11.6 Å². The first kappa shape index (κ1) is 26.9. The first-order chi connectivity index (χ1) is 20.5. The maximum Gasteiger partial charge on any atom is 0.319 e. The lowest BCUT2D eigenvalue weighted by molar-refractivity contribution is 0.188. The summed E-state index contributed by atoms with van der Waals surface area (Å²) in [6, 6.07) is 8.83. The van der Waals surface area contributed by atoms with Crippen molar-refractivity contribution in [3.8, 4) is 28.3 Å². The zero-order valence-electron chi connectivity index (χ0n) is 23.1. The molecule has 1 atom stereocenters. The highest BCUT2D eigenvalue weighted by atomic mass is 32.1. The Morgan fingerprint density at radius 1 is 1.07 bits per heavy atom. The second kappa shape index (κ2) is 11.0. The highest BCUT2D eigenvalue weighted by Crippen LogP contribution is 2.44. The summed E-state index contributed by atoms with van der Waals surface area (Å²) in [6.45, 7) is 4.41. The lowest BCUT2D eigenvalue weighted by Gasteiger charge is -2.30. The van der Waals surface area contributed by atoms with Gasteiger partial charge in [-0.3, -0.25) is 4.98 Å². The molecule has 2 aliphatic heterocycles. The van der Waals surface area contributed by atoms with Crippen LogP contribution in [-0.4, -0.2) is 77.3 Å². The number of nitrogen functional groups attached to an aromatic ring is 1. The fraction of sp³-hybridized carbons (Fsp3) is 0.333. The number of aromatic nitrogens is 4. The van der Waals surface area contributed by atoms with E-state index in [9.17, 15) is 4.39 Å². The first-order valence-corrected chi connectivity index (χ1v) is 14.9. The quantitative estimate of drug-likeness (QED) is 0.292. The predicted molar refractivity (Wildman–Crippen MR) is 162 cm³/mol. The van der Waals surface area contributed by atoms with Crippen molar-refractivity contribution in [2.24, 2.45) is 0 Å². The topological polar surface area (TPSA) is 105 Å². The van der Waals surface area contributed by atoms with Crippen LogP contribution in [0.3, 0.4) is 0 Å². The molecule has 2 saturated heterocycles. The van der Waals surface area contributed by atoms with E-state index in [-0.39, 0.29) is 33.0 Å². The SMILES string of the molecule is CN1CCC[C@H]1COc1nc(N2CCNCC2)c2cc(-c3cccnc3)c(-c3ccc(F)c4sc(N)nc34)c(F)c2n1. The van der Waals surface area contributed by atoms with Gasteiger partial charge in [0.2, 0.25) is 0 Å². The monoisotopic (exact) mass is 588 g/mol. The summed E-state index contributed by atoms with van der Waals surface area (Å²) in [5.41, 5.74) is 8.38. The number of hydrogen-bond acceptors (Lipinski definition) is 10. The van der Waals surface area contributed by atoms with E-state index < -0.39 is 11.6 Å². The van der Waals surface area contributed by atoms with Crippen molar-refractivity contribution < 1.29 is 13.5 Å². The molecule has 0 radical (unpaired) electrons. The molecule has 0 saturated carbocycles. The fourth-order valence-corrected chi connectivity index (χ4v) is 6.70. The molecule has 0 amide bonds. The summed E-state index contributed by atoms with van der Waals surface area (Å²) in [5.74, 6) is -0.399. The zero-order valence-corrected chi connectivity index (χ0v) is 23.9. The van der Waals surface area contributed by atoms with E-state index in [0.717, 1.165) is 43.8 Å². The van der Waals surface area contributed by atoms with Gasteiger partial charge in [0.15, 0.2) is 10.9 Å². The second-order valence-corrected chi connectivity index (χ2v) is 11.8. The minimum atomic E-state index is -0.563. The molecule has 9 nitrogen and oxygen atoms in total. The lowest BCUT2D eigenvalue weighted by Crippen LogP contribution is -2.44. The highest BCUT2D eigenvalue weighted by Gasteiger charge is 2.27. The molecule has 3 aromatic heterocycles. The molecule has 5 heterocycles. The Morgan fingerprint density at radius 2 is 1.93 bits per heavy atom. The normalized spacial score (nSPS) is 17.9. The number of ether oxygens (including phenoxy) is 1. The molecule has 216 valence electrons. The number of likely N-dealkylation sites (N-methyl/N-ethyl adjacent to an activating group) is 1. The van der Waals surface area contributed by atoms with Gasteiger partial charge in [0.1, 0.15) is 23.8 Å². The number of anilines is 2. The van der Waals surface area contributed by atoms with Crippen molar-refractivity contribution in [2.45, 2.75) is 18.9 Å². The predicted octanol–water partition coefficient (Wildman–Crippen LogP) is 4.71. The number of nitrogens with zero attached hydrogens (tertiary/aromatic N) is 6. The van der Waals surface area contributed by atoms with Gasteiger partial charge in [-0.15, -0.1) is 0 Å². The number of nitrogens with one attached hydrogen (secondary N) is 1. The molecule has 2 aliphatic rings. The van der Waals surface area contributed by atoms with Crippen LogP contribution in [0.2, 0.25) is 0 Å². The number of nitrogens with two attached hydrogens (primary N) is 1. The number of halogens is 2. The van der Waals surface area contributed by atoms with E-state index in [1.54, 1.807) is 24.5 Å². The third-order valence-corrected chi connectivity index (χ3v) is 9.03. The van der Waals surface area contributed by atoms with Gasteiger partial charge in [-0.1, -0.05) is 17.4 Å². The Balaban J connectivity index is 1.48. The van der Waals surface area contributed by atoms with E-state index in [4.69, 9.17) is 15.5 Å². The largest absolute Gasteiger partial charge is 0.462 e. The van der Waals surface area contributed by atoms with E-state index >= 15 is 4.39 Å². The number of thiazole rings is 1. The number of likely N-dealkylation sites (tertiary alicyclic amines) is 1. The third-order valence-electron chi connectivity index (χ3n) is 8.14. The van der Waals surface area contributed by atoms with Gasteiger partial charge in [-0.25, -0.2) is 13.8 Å². The van der Waals surface area contributed by atoms with Crippen molar-refractivity contribution in [1.29, 1.82) is 0 Å². The minimum absolute atomic E-state index is 0.136. The van der Waals surface area contributed by atoms with Gasteiger partial charge >= 0.3 is 6.01 Å². The van der Waals surface area contributed by atoms with E-state index in [1.165, 1.54) is 6.07 Å². The smallest absolute Gasteiger partial charge is 0.319 e. The average molecular weight is 589 g/mol. The molecule has 12 heteroatoms. The van der Waals surface area contributed by atoms with E-state index in [1.807, 2.05) is 12.1 Å². The maximum atomic E-state index is 17.1. The molecule has 2 fully saturated rings. The summed E-state index contributed by atoms with van der Waals surface area (Å²) >= 11 is 1.04. The Bertz CT molecular complexity index is 1780. The van der Waals surface area contributed by atoms with Crippen LogP contribution in [-0.2, 0) is 0 Å². The van der Waals surface area contributed by atoms with Gasteiger partial charge in [0, 0.05) is 66.7 Å². The number of pyridine rings is 1. The fourth-order valence-electron chi connectivity index (χ4n) is 5.94. The van der Waals surface area contributed by atoms with Crippen molar-refractivity contribution in [3.05, 3.63) is 54.4 Å².